The maximum absolute atomic E-state index is 12.6. The Hall–Kier alpha value is -2.62. The van der Waals surface area contributed by atoms with Crippen LogP contribution in [0.3, 0.4) is 0 Å². The highest BCUT2D eigenvalue weighted by Gasteiger charge is 2.37. The van der Waals surface area contributed by atoms with Gasteiger partial charge in [-0.15, -0.1) is 0 Å². The summed E-state index contributed by atoms with van der Waals surface area (Å²) in [6.45, 7) is 6.79. The molecule has 128 valence electrons. The Kier molecular flexibility index (Phi) is 3.64. The maximum atomic E-state index is 12.6. The van der Waals surface area contributed by atoms with E-state index in [2.05, 4.69) is 5.32 Å². The average Bonchev–Trinajstić information content (AvgIpc) is 2.84. The molecule has 0 saturated heterocycles. The molecule has 1 N–H and O–H groups in total. The molecular weight excluding hydrogens is 312 g/mol. The van der Waals surface area contributed by atoms with Crippen molar-refractivity contribution in [3.8, 4) is 0 Å². The van der Waals surface area contributed by atoms with E-state index < -0.39 is 0 Å². The van der Waals surface area contributed by atoms with Crippen LogP contribution >= 0.6 is 0 Å². The zero-order chi connectivity index (χ0) is 17.7. The number of hydrogen-bond donors (Lipinski definition) is 1. The van der Waals surface area contributed by atoms with E-state index in [1.165, 1.54) is 5.56 Å². The van der Waals surface area contributed by atoms with Crippen LogP contribution in [-0.2, 0) is 11.2 Å². The van der Waals surface area contributed by atoms with Crippen LogP contribution in [0.2, 0.25) is 0 Å². The fourth-order valence-electron chi connectivity index (χ4n) is 3.85. The first-order valence-corrected chi connectivity index (χ1v) is 8.82. The molecule has 2 heterocycles. The predicted molar refractivity (Wildman–Crippen MR) is 99.4 cm³/mol. The summed E-state index contributed by atoms with van der Waals surface area (Å²) >= 11 is 0. The fourth-order valence-corrected chi connectivity index (χ4v) is 3.85. The van der Waals surface area contributed by atoms with Crippen molar-refractivity contribution in [1.82, 2.24) is 0 Å². The van der Waals surface area contributed by atoms with Gasteiger partial charge in [0.1, 0.15) is 0 Å². The molecule has 2 aromatic rings. The van der Waals surface area contributed by atoms with Crippen molar-refractivity contribution < 1.29 is 9.59 Å². The van der Waals surface area contributed by atoms with Gasteiger partial charge in [-0.3, -0.25) is 9.59 Å². The highest BCUT2D eigenvalue weighted by atomic mass is 16.2. The minimum Gasteiger partial charge on any atom is -0.322 e. The Morgan fingerprint density at radius 2 is 1.96 bits per heavy atom. The number of rotatable bonds is 2. The smallest absolute Gasteiger partial charge is 0.255 e. The average molecular weight is 334 g/mol. The largest absolute Gasteiger partial charge is 0.322 e. The lowest BCUT2D eigenvalue weighted by Crippen LogP contribution is -2.32. The Balaban J connectivity index is 1.67. The number of nitrogens with zero attached hydrogens (tertiary/aromatic N) is 1. The van der Waals surface area contributed by atoms with Crippen molar-refractivity contribution in [2.24, 2.45) is 0 Å². The van der Waals surface area contributed by atoms with Gasteiger partial charge in [-0.05, 0) is 80.1 Å². The number of aryl methyl sites for hydroxylation is 3. The van der Waals surface area contributed by atoms with E-state index in [-0.39, 0.29) is 17.7 Å². The number of hydrogen-bond acceptors (Lipinski definition) is 2. The summed E-state index contributed by atoms with van der Waals surface area (Å²) < 4.78 is 0. The van der Waals surface area contributed by atoms with E-state index in [1.54, 1.807) is 0 Å². The third kappa shape index (κ3) is 2.53. The number of amides is 2. The molecule has 4 heteroatoms. The van der Waals surface area contributed by atoms with Gasteiger partial charge < -0.3 is 10.2 Å². The van der Waals surface area contributed by atoms with Crippen LogP contribution in [0, 0.1) is 13.8 Å². The van der Waals surface area contributed by atoms with Gasteiger partial charge in [0.15, 0.2) is 0 Å². The quantitative estimate of drug-likeness (QED) is 0.904. The molecular formula is C21H22N2O2. The van der Waals surface area contributed by atoms with Crippen LogP contribution in [0.25, 0.3) is 0 Å². The molecule has 0 aliphatic carbocycles. The zero-order valence-corrected chi connectivity index (χ0v) is 14.8. The van der Waals surface area contributed by atoms with Crippen molar-refractivity contribution >= 4 is 23.2 Å². The molecule has 0 bridgehead atoms. The summed E-state index contributed by atoms with van der Waals surface area (Å²) in [7, 11) is 0. The van der Waals surface area contributed by atoms with Crippen LogP contribution in [0.1, 0.15) is 51.9 Å². The van der Waals surface area contributed by atoms with Crippen LogP contribution in [0.5, 0.6) is 0 Å². The van der Waals surface area contributed by atoms with Gasteiger partial charge in [-0.25, -0.2) is 0 Å². The lowest BCUT2D eigenvalue weighted by Gasteiger charge is -2.26. The van der Waals surface area contributed by atoms with Crippen LogP contribution < -0.4 is 10.2 Å². The third-order valence-corrected chi connectivity index (χ3v) is 5.45. The van der Waals surface area contributed by atoms with Crippen LogP contribution in [0.4, 0.5) is 11.4 Å². The summed E-state index contributed by atoms with van der Waals surface area (Å²) in [5.74, 6) is -0.0706. The highest BCUT2D eigenvalue weighted by molar-refractivity contribution is 6.08. The summed E-state index contributed by atoms with van der Waals surface area (Å²) in [4.78, 5) is 27.0. The normalized spacial score (nSPS) is 18.3. The first kappa shape index (κ1) is 15.9. The predicted octanol–water partition coefficient (Wildman–Crippen LogP) is 3.95. The molecule has 0 aromatic heterocycles. The van der Waals surface area contributed by atoms with E-state index in [0.717, 1.165) is 47.5 Å². The Bertz CT molecular complexity index is 901. The molecule has 2 amide bonds. The topological polar surface area (TPSA) is 49.4 Å². The zero-order valence-electron chi connectivity index (χ0n) is 14.8. The highest BCUT2D eigenvalue weighted by Crippen LogP contribution is 2.44. The number of nitrogens with one attached hydrogen (secondary N) is 1. The van der Waals surface area contributed by atoms with Gasteiger partial charge >= 0.3 is 0 Å². The summed E-state index contributed by atoms with van der Waals surface area (Å²) in [6.07, 6.45) is 1.92. The summed E-state index contributed by atoms with van der Waals surface area (Å²) in [5.41, 5.74) is 6.99. The van der Waals surface area contributed by atoms with Gasteiger partial charge in [0.25, 0.3) is 5.91 Å². The van der Waals surface area contributed by atoms with Gasteiger partial charge in [-0.2, -0.15) is 0 Å². The molecule has 2 aromatic carbocycles. The molecule has 0 fully saturated rings. The van der Waals surface area contributed by atoms with E-state index >= 15 is 0 Å². The van der Waals surface area contributed by atoms with Crippen LogP contribution in [0.15, 0.2) is 30.3 Å². The van der Waals surface area contributed by atoms with Gasteiger partial charge in [-0.1, -0.05) is 6.07 Å². The third-order valence-electron chi connectivity index (χ3n) is 5.45. The van der Waals surface area contributed by atoms with Gasteiger partial charge in [0, 0.05) is 17.8 Å². The second-order valence-corrected chi connectivity index (χ2v) is 7.14. The Labute approximate surface area is 147 Å². The molecule has 0 spiro atoms. The molecule has 0 radical (unpaired) electrons. The number of carbonyl (C=O) groups excluding carboxylic acids is 2. The molecule has 0 saturated carbocycles. The minimum absolute atomic E-state index is 0.111. The second-order valence-electron chi connectivity index (χ2n) is 7.14. The van der Waals surface area contributed by atoms with Gasteiger partial charge in [0.2, 0.25) is 5.91 Å². The lowest BCUT2D eigenvalue weighted by atomic mass is 9.96. The van der Waals surface area contributed by atoms with E-state index in [1.807, 2.05) is 56.0 Å². The van der Waals surface area contributed by atoms with Crippen molar-refractivity contribution in [2.45, 2.75) is 39.5 Å². The lowest BCUT2D eigenvalue weighted by molar-refractivity contribution is -0.119. The van der Waals surface area contributed by atoms with Crippen molar-refractivity contribution in [1.29, 1.82) is 0 Å². The number of benzene rings is 2. The van der Waals surface area contributed by atoms with E-state index in [9.17, 15) is 9.59 Å². The van der Waals surface area contributed by atoms with Crippen molar-refractivity contribution in [3.63, 3.8) is 0 Å². The van der Waals surface area contributed by atoms with Crippen LogP contribution in [-0.4, -0.2) is 18.4 Å². The molecule has 1 atom stereocenters. The summed E-state index contributed by atoms with van der Waals surface area (Å²) in [5, 5.41) is 3.01. The standard InChI is InChI=1S/C21H22N2O2/c1-12-6-7-16(9-13(12)2)20(24)22-17-10-15-5-4-8-23-19(15)18(11-17)14(3)21(23)25/h6-7,9-11,14H,4-5,8H2,1-3H3,(H,22,24)/t14-/m0/s1. The molecule has 2 aliphatic heterocycles. The Morgan fingerprint density at radius 3 is 2.72 bits per heavy atom. The van der Waals surface area contributed by atoms with E-state index in [0.29, 0.717) is 5.56 Å². The molecule has 4 rings (SSSR count). The molecule has 0 unspecified atom stereocenters. The molecule has 25 heavy (non-hydrogen) atoms. The Morgan fingerprint density at radius 1 is 1.16 bits per heavy atom. The van der Waals surface area contributed by atoms with Crippen molar-refractivity contribution in [3.05, 3.63) is 58.1 Å². The molecule has 2 aliphatic rings. The minimum atomic E-state index is -0.134. The molecule has 4 nitrogen and oxygen atoms in total. The van der Waals surface area contributed by atoms with Gasteiger partial charge in [0.05, 0.1) is 11.6 Å². The maximum Gasteiger partial charge on any atom is 0.255 e. The summed E-state index contributed by atoms with van der Waals surface area (Å²) in [6, 6.07) is 9.72. The monoisotopic (exact) mass is 334 g/mol. The van der Waals surface area contributed by atoms with E-state index in [4.69, 9.17) is 0 Å². The first-order chi connectivity index (χ1) is 12.0. The fraction of sp³-hybridized carbons (Fsp3) is 0.333. The number of carbonyl (C=O) groups is 2. The van der Waals surface area contributed by atoms with Crippen molar-refractivity contribution in [2.75, 3.05) is 16.8 Å². The first-order valence-electron chi connectivity index (χ1n) is 8.82. The number of anilines is 2. The second kappa shape index (κ2) is 5.73. The SMILES string of the molecule is Cc1ccc(C(=O)Nc2cc3c4c(c2)[C@H](C)C(=O)N4CCC3)cc1C.